The Morgan fingerprint density at radius 2 is 1.93 bits per heavy atom. The van der Waals surface area contributed by atoms with Gasteiger partial charge in [0, 0.05) is 22.4 Å². The third kappa shape index (κ3) is 4.05. The third-order valence-electron chi connectivity index (χ3n) is 4.29. The highest BCUT2D eigenvalue weighted by molar-refractivity contribution is 7.98. The molecule has 3 aromatic rings. The lowest BCUT2D eigenvalue weighted by atomic mass is 10.2. The van der Waals surface area contributed by atoms with E-state index in [9.17, 15) is 0 Å². The summed E-state index contributed by atoms with van der Waals surface area (Å²) in [6, 6.07) is 11.9. The maximum Gasteiger partial charge on any atom is 0.170 e. The average Bonchev–Trinajstić information content (AvgIpc) is 3.08. The molecular formula is C21H21NO4S2. The molecule has 0 saturated carbocycles. The number of hydrogen-bond acceptors (Lipinski definition) is 7. The number of benzene rings is 2. The second-order valence-corrected chi connectivity index (χ2v) is 8.04. The van der Waals surface area contributed by atoms with Crippen LogP contribution < -0.4 is 18.9 Å². The quantitative estimate of drug-likeness (QED) is 0.511. The van der Waals surface area contributed by atoms with Gasteiger partial charge in [-0.15, -0.1) is 23.1 Å². The van der Waals surface area contributed by atoms with Crippen LogP contribution in [-0.4, -0.2) is 32.4 Å². The molecule has 0 saturated heterocycles. The van der Waals surface area contributed by atoms with E-state index in [0.717, 1.165) is 44.8 Å². The van der Waals surface area contributed by atoms with Crippen molar-refractivity contribution < 1.29 is 18.9 Å². The molecule has 0 fully saturated rings. The molecule has 0 radical (unpaired) electrons. The van der Waals surface area contributed by atoms with Gasteiger partial charge in [0.1, 0.15) is 5.01 Å². The lowest BCUT2D eigenvalue weighted by molar-refractivity contribution is 0.297. The van der Waals surface area contributed by atoms with Gasteiger partial charge in [0.15, 0.2) is 23.0 Å². The Hall–Kier alpha value is -2.38. The SMILES string of the molecule is COc1cccc(-c2nc(CSc3ccc4c(c3)OCCCO4)cs2)c1OC. The Morgan fingerprint density at radius 3 is 2.75 bits per heavy atom. The minimum absolute atomic E-state index is 0.693. The van der Waals surface area contributed by atoms with Crippen LogP contribution in [0.4, 0.5) is 0 Å². The zero-order chi connectivity index (χ0) is 19.3. The number of methoxy groups -OCH3 is 2. The summed E-state index contributed by atoms with van der Waals surface area (Å²) < 4.78 is 22.4. The van der Waals surface area contributed by atoms with Crippen molar-refractivity contribution in [2.75, 3.05) is 27.4 Å². The molecule has 1 aliphatic heterocycles. The number of aromatic nitrogens is 1. The Morgan fingerprint density at radius 1 is 1.07 bits per heavy atom. The molecule has 4 rings (SSSR count). The summed E-state index contributed by atoms with van der Waals surface area (Å²) in [5.74, 6) is 3.84. The number of thioether (sulfide) groups is 1. The van der Waals surface area contributed by atoms with E-state index in [0.29, 0.717) is 24.7 Å². The molecule has 2 aromatic carbocycles. The van der Waals surface area contributed by atoms with Crippen LogP contribution in [0.1, 0.15) is 12.1 Å². The number of thiazole rings is 1. The van der Waals surface area contributed by atoms with Crippen molar-refractivity contribution in [3.05, 3.63) is 47.5 Å². The smallest absolute Gasteiger partial charge is 0.170 e. The molecule has 1 aliphatic rings. The molecule has 0 bridgehead atoms. The third-order valence-corrected chi connectivity index (χ3v) is 6.24. The molecule has 0 unspecified atom stereocenters. The Bertz CT molecular complexity index is 957. The van der Waals surface area contributed by atoms with Crippen molar-refractivity contribution in [2.45, 2.75) is 17.1 Å². The fraction of sp³-hybridized carbons (Fsp3) is 0.286. The number of nitrogens with zero attached hydrogens (tertiary/aromatic N) is 1. The van der Waals surface area contributed by atoms with Crippen molar-refractivity contribution >= 4 is 23.1 Å². The molecule has 5 nitrogen and oxygen atoms in total. The van der Waals surface area contributed by atoms with Crippen LogP contribution in [-0.2, 0) is 5.75 Å². The molecule has 0 N–H and O–H groups in total. The van der Waals surface area contributed by atoms with Gasteiger partial charge < -0.3 is 18.9 Å². The molecule has 7 heteroatoms. The highest BCUT2D eigenvalue weighted by atomic mass is 32.2. The first kappa shape index (κ1) is 19.0. The lowest BCUT2D eigenvalue weighted by Gasteiger charge is -2.10. The molecule has 28 heavy (non-hydrogen) atoms. The Kier molecular flexibility index (Phi) is 5.92. The van der Waals surface area contributed by atoms with Crippen LogP contribution in [0.25, 0.3) is 10.6 Å². The van der Waals surface area contributed by atoms with Gasteiger partial charge in [0.25, 0.3) is 0 Å². The first-order chi connectivity index (χ1) is 13.8. The summed E-state index contributed by atoms with van der Waals surface area (Å²) in [4.78, 5) is 5.93. The molecule has 0 spiro atoms. The van der Waals surface area contributed by atoms with Crippen molar-refractivity contribution in [3.8, 4) is 33.6 Å². The summed E-state index contributed by atoms with van der Waals surface area (Å²) in [6.07, 6.45) is 0.909. The fourth-order valence-electron chi connectivity index (χ4n) is 2.94. The lowest BCUT2D eigenvalue weighted by Crippen LogP contribution is -1.97. The monoisotopic (exact) mass is 415 g/mol. The summed E-state index contributed by atoms with van der Waals surface area (Å²) in [7, 11) is 3.29. The first-order valence-electron chi connectivity index (χ1n) is 8.96. The van der Waals surface area contributed by atoms with E-state index in [1.807, 2.05) is 30.3 Å². The zero-order valence-electron chi connectivity index (χ0n) is 15.8. The van der Waals surface area contributed by atoms with Crippen LogP contribution in [0.15, 0.2) is 46.7 Å². The van der Waals surface area contributed by atoms with E-state index in [1.165, 1.54) is 0 Å². The zero-order valence-corrected chi connectivity index (χ0v) is 17.4. The maximum atomic E-state index is 5.77. The minimum atomic E-state index is 0.693. The summed E-state index contributed by atoms with van der Waals surface area (Å²) in [6.45, 7) is 1.40. The van der Waals surface area contributed by atoms with Gasteiger partial charge in [-0.1, -0.05) is 6.07 Å². The molecule has 0 amide bonds. The highest BCUT2D eigenvalue weighted by Crippen LogP contribution is 2.40. The first-order valence-corrected chi connectivity index (χ1v) is 10.8. The number of hydrogen-bond donors (Lipinski definition) is 0. The van der Waals surface area contributed by atoms with E-state index in [1.54, 1.807) is 37.3 Å². The van der Waals surface area contributed by atoms with Crippen molar-refractivity contribution in [1.82, 2.24) is 4.98 Å². The molecule has 0 atom stereocenters. The molecular weight excluding hydrogens is 394 g/mol. The van der Waals surface area contributed by atoms with Gasteiger partial charge in [-0.05, 0) is 30.3 Å². The Balaban J connectivity index is 1.48. The molecule has 146 valence electrons. The molecule has 0 aliphatic carbocycles. The summed E-state index contributed by atoms with van der Waals surface area (Å²) >= 11 is 3.34. The second kappa shape index (κ2) is 8.75. The van der Waals surface area contributed by atoms with Crippen molar-refractivity contribution in [2.24, 2.45) is 0 Å². The summed E-state index contributed by atoms with van der Waals surface area (Å²) in [5.41, 5.74) is 1.97. The maximum absolute atomic E-state index is 5.77. The predicted octanol–water partition coefficient (Wildman–Crippen LogP) is 5.28. The van der Waals surface area contributed by atoms with Gasteiger partial charge in [-0.25, -0.2) is 4.98 Å². The number of rotatable bonds is 6. The van der Waals surface area contributed by atoms with E-state index in [4.69, 9.17) is 23.9 Å². The van der Waals surface area contributed by atoms with Crippen molar-refractivity contribution in [1.29, 1.82) is 0 Å². The topological polar surface area (TPSA) is 49.8 Å². The molecule has 2 heterocycles. The van der Waals surface area contributed by atoms with E-state index >= 15 is 0 Å². The van der Waals surface area contributed by atoms with E-state index < -0.39 is 0 Å². The largest absolute Gasteiger partial charge is 0.493 e. The van der Waals surface area contributed by atoms with Gasteiger partial charge in [0.2, 0.25) is 0 Å². The van der Waals surface area contributed by atoms with Gasteiger partial charge in [0.05, 0.1) is 38.7 Å². The highest BCUT2D eigenvalue weighted by Gasteiger charge is 2.15. The fourth-order valence-corrected chi connectivity index (χ4v) is 4.71. The normalized spacial score (nSPS) is 13.1. The van der Waals surface area contributed by atoms with Gasteiger partial charge in [-0.2, -0.15) is 0 Å². The van der Waals surface area contributed by atoms with Gasteiger partial charge >= 0.3 is 0 Å². The minimum Gasteiger partial charge on any atom is -0.493 e. The van der Waals surface area contributed by atoms with Gasteiger partial charge in [-0.3, -0.25) is 0 Å². The number of para-hydroxylation sites is 1. The van der Waals surface area contributed by atoms with Crippen molar-refractivity contribution in [3.63, 3.8) is 0 Å². The Labute approximate surface area is 172 Å². The second-order valence-electron chi connectivity index (χ2n) is 6.13. The standard InChI is InChI=1S/C21H21NO4S2/c1-23-18-6-3-5-16(20(18)24-2)21-22-14(13-28-21)12-27-15-7-8-17-19(11-15)26-10-4-9-25-17/h3,5-8,11,13H,4,9-10,12H2,1-2H3. The average molecular weight is 416 g/mol. The van der Waals surface area contributed by atoms with Crippen LogP contribution in [0, 0.1) is 0 Å². The van der Waals surface area contributed by atoms with Crippen LogP contribution in [0.3, 0.4) is 0 Å². The van der Waals surface area contributed by atoms with Crippen LogP contribution in [0.2, 0.25) is 0 Å². The molecule has 1 aromatic heterocycles. The predicted molar refractivity (Wildman–Crippen MR) is 112 cm³/mol. The van der Waals surface area contributed by atoms with E-state index in [-0.39, 0.29) is 0 Å². The van der Waals surface area contributed by atoms with E-state index in [2.05, 4.69) is 11.4 Å². The van der Waals surface area contributed by atoms with Crippen LogP contribution >= 0.6 is 23.1 Å². The number of fused-ring (bicyclic) bond motifs is 1. The summed E-state index contributed by atoms with van der Waals surface area (Å²) in [5, 5.41) is 3.01. The van der Waals surface area contributed by atoms with Crippen LogP contribution in [0.5, 0.6) is 23.0 Å². The number of ether oxygens (including phenoxy) is 4.